The Kier molecular flexibility index (Phi) is 6.70. The molecule has 1 amide bonds. The molecule has 106 valence electrons. The SMILES string of the molecule is CCCC(C)NC(=O)CNc1ccc(OC)c(Br)c1. The van der Waals surface area contributed by atoms with Crippen LogP contribution in [0, 0.1) is 0 Å². The fraction of sp³-hybridized carbons (Fsp3) is 0.500. The quantitative estimate of drug-likeness (QED) is 0.808. The van der Waals surface area contributed by atoms with E-state index in [9.17, 15) is 4.79 Å². The summed E-state index contributed by atoms with van der Waals surface area (Å²) in [6, 6.07) is 5.85. The second kappa shape index (κ2) is 8.04. The van der Waals surface area contributed by atoms with Gasteiger partial charge >= 0.3 is 0 Å². The molecule has 5 heteroatoms. The van der Waals surface area contributed by atoms with Gasteiger partial charge in [-0.25, -0.2) is 0 Å². The van der Waals surface area contributed by atoms with Crippen molar-refractivity contribution in [3.63, 3.8) is 0 Å². The molecule has 2 N–H and O–H groups in total. The minimum absolute atomic E-state index is 0.00731. The number of nitrogens with one attached hydrogen (secondary N) is 2. The Morgan fingerprint density at radius 2 is 2.21 bits per heavy atom. The zero-order chi connectivity index (χ0) is 14.3. The van der Waals surface area contributed by atoms with Crippen LogP contribution in [0.4, 0.5) is 5.69 Å². The molecule has 1 unspecified atom stereocenters. The van der Waals surface area contributed by atoms with Crippen LogP contribution in [-0.2, 0) is 4.79 Å². The highest BCUT2D eigenvalue weighted by molar-refractivity contribution is 9.10. The second-order valence-electron chi connectivity index (χ2n) is 4.46. The Hall–Kier alpha value is -1.23. The molecule has 0 heterocycles. The van der Waals surface area contributed by atoms with E-state index in [1.807, 2.05) is 25.1 Å². The van der Waals surface area contributed by atoms with Crippen molar-refractivity contribution >= 4 is 27.5 Å². The number of benzene rings is 1. The first-order valence-corrected chi connectivity index (χ1v) is 7.22. The Labute approximate surface area is 123 Å². The van der Waals surface area contributed by atoms with E-state index in [-0.39, 0.29) is 18.5 Å². The standard InChI is InChI=1S/C14H21BrN2O2/c1-4-5-10(2)17-14(18)9-16-11-6-7-13(19-3)12(15)8-11/h6-8,10,16H,4-5,9H2,1-3H3,(H,17,18). The van der Waals surface area contributed by atoms with Crippen molar-refractivity contribution in [2.75, 3.05) is 19.0 Å². The fourth-order valence-corrected chi connectivity index (χ4v) is 2.33. The number of hydrogen-bond acceptors (Lipinski definition) is 3. The van der Waals surface area contributed by atoms with Crippen molar-refractivity contribution < 1.29 is 9.53 Å². The molecular weight excluding hydrogens is 308 g/mol. The third kappa shape index (κ3) is 5.51. The minimum atomic E-state index is 0.00731. The largest absolute Gasteiger partial charge is 0.496 e. The van der Waals surface area contributed by atoms with Crippen LogP contribution in [0.3, 0.4) is 0 Å². The number of halogens is 1. The number of amides is 1. The lowest BCUT2D eigenvalue weighted by atomic mass is 10.2. The summed E-state index contributed by atoms with van der Waals surface area (Å²) in [7, 11) is 1.62. The number of anilines is 1. The van der Waals surface area contributed by atoms with Gasteiger partial charge in [-0.2, -0.15) is 0 Å². The monoisotopic (exact) mass is 328 g/mol. The van der Waals surface area contributed by atoms with Gasteiger partial charge < -0.3 is 15.4 Å². The maximum Gasteiger partial charge on any atom is 0.239 e. The van der Waals surface area contributed by atoms with E-state index in [0.717, 1.165) is 28.8 Å². The highest BCUT2D eigenvalue weighted by atomic mass is 79.9. The van der Waals surface area contributed by atoms with Crippen LogP contribution < -0.4 is 15.4 Å². The number of methoxy groups -OCH3 is 1. The van der Waals surface area contributed by atoms with Crippen LogP contribution in [0.5, 0.6) is 5.75 Å². The molecule has 0 bridgehead atoms. The van der Waals surface area contributed by atoms with Crippen LogP contribution >= 0.6 is 15.9 Å². The van der Waals surface area contributed by atoms with Crippen molar-refractivity contribution in [1.82, 2.24) is 5.32 Å². The summed E-state index contributed by atoms with van der Waals surface area (Å²) in [5, 5.41) is 6.04. The second-order valence-corrected chi connectivity index (χ2v) is 5.31. The summed E-state index contributed by atoms with van der Waals surface area (Å²) < 4.78 is 6.01. The maximum absolute atomic E-state index is 11.7. The highest BCUT2D eigenvalue weighted by Gasteiger charge is 2.07. The van der Waals surface area contributed by atoms with E-state index in [4.69, 9.17) is 4.74 Å². The molecule has 0 aliphatic carbocycles. The zero-order valence-electron chi connectivity index (χ0n) is 11.6. The van der Waals surface area contributed by atoms with Crippen molar-refractivity contribution in [2.45, 2.75) is 32.7 Å². The predicted octanol–water partition coefficient (Wildman–Crippen LogP) is 3.17. The number of carbonyl (C=O) groups excluding carboxylic acids is 1. The van der Waals surface area contributed by atoms with Crippen molar-refractivity contribution in [3.05, 3.63) is 22.7 Å². The number of hydrogen-bond donors (Lipinski definition) is 2. The van der Waals surface area contributed by atoms with E-state index in [2.05, 4.69) is 33.5 Å². The van der Waals surface area contributed by atoms with Gasteiger partial charge in [0.05, 0.1) is 18.1 Å². The zero-order valence-corrected chi connectivity index (χ0v) is 13.2. The third-order valence-corrected chi connectivity index (χ3v) is 3.35. The Morgan fingerprint density at radius 1 is 1.47 bits per heavy atom. The van der Waals surface area contributed by atoms with Gasteiger partial charge in [0.1, 0.15) is 5.75 Å². The topological polar surface area (TPSA) is 50.4 Å². The Balaban J connectivity index is 2.44. The summed E-state index contributed by atoms with van der Waals surface area (Å²) in [6.07, 6.45) is 2.07. The average Bonchev–Trinajstić information content (AvgIpc) is 2.36. The molecule has 1 aromatic rings. The lowest BCUT2D eigenvalue weighted by Gasteiger charge is -2.14. The molecular formula is C14H21BrN2O2. The third-order valence-electron chi connectivity index (χ3n) is 2.73. The average molecular weight is 329 g/mol. The normalized spacial score (nSPS) is 11.8. The molecule has 0 fully saturated rings. The van der Waals surface area contributed by atoms with Crippen LogP contribution in [0.1, 0.15) is 26.7 Å². The lowest BCUT2D eigenvalue weighted by Crippen LogP contribution is -2.36. The molecule has 1 aromatic carbocycles. The van der Waals surface area contributed by atoms with Gasteiger partial charge in [-0.1, -0.05) is 13.3 Å². The van der Waals surface area contributed by atoms with Crippen molar-refractivity contribution in [2.24, 2.45) is 0 Å². The number of rotatable bonds is 7. The van der Waals surface area contributed by atoms with E-state index >= 15 is 0 Å². The Bertz CT molecular complexity index is 424. The first kappa shape index (κ1) is 15.8. The smallest absolute Gasteiger partial charge is 0.239 e. The Morgan fingerprint density at radius 3 is 2.79 bits per heavy atom. The van der Waals surface area contributed by atoms with Gasteiger partial charge in [0, 0.05) is 11.7 Å². The van der Waals surface area contributed by atoms with Crippen molar-refractivity contribution in [1.29, 1.82) is 0 Å². The molecule has 0 radical (unpaired) electrons. The fourth-order valence-electron chi connectivity index (χ4n) is 1.79. The molecule has 0 saturated heterocycles. The van der Waals surface area contributed by atoms with Gasteiger partial charge in [-0.3, -0.25) is 4.79 Å². The first-order chi connectivity index (χ1) is 9.06. The molecule has 0 aromatic heterocycles. The van der Waals surface area contributed by atoms with Gasteiger partial charge in [-0.05, 0) is 47.5 Å². The van der Waals surface area contributed by atoms with Crippen LogP contribution in [0.15, 0.2) is 22.7 Å². The van der Waals surface area contributed by atoms with E-state index in [1.165, 1.54) is 0 Å². The van der Waals surface area contributed by atoms with Gasteiger partial charge in [0.25, 0.3) is 0 Å². The van der Waals surface area contributed by atoms with Crippen LogP contribution in [0.25, 0.3) is 0 Å². The summed E-state index contributed by atoms with van der Waals surface area (Å²) in [4.78, 5) is 11.7. The van der Waals surface area contributed by atoms with Gasteiger partial charge in [0.2, 0.25) is 5.91 Å². The summed E-state index contributed by atoms with van der Waals surface area (Å²) in [5.74, 6) is 0.777. The lowest BCUT2D eigenvalue weighted by molar-refractivity contribution is -0.120. The highest BCUT2D eigenvalue weighted by Crippen LogP contribution is 2.27. The number of ether oxygens (including phenoxy) is 1. The molecule has 4 nitrogen and oxygen atoms in total. The van der Waals surface area contributed by atoms with E-state index in [1.54, 1.807) is 7.11 Å². The molecule has 0 aliphatic heterocycles. The predicted molar refractivity (Wildman–Crippen MR) is 81.7 cm³/mol. The van der Waals surface area contributed by atoms with Crippen LogP contribution in [0.2, 0.25) is 0 Å². The summed E-state index contributed by atoms with van der Waals surface area (Å²) >= 11 is 3.41. The molecule has 1 rings (SSSR count). The minimum Gasteiger partial charge on any atom is -0.496 e. The molecule has 0 spiro atoms. The molecule has 1 atom stereocenters. The molecule has 19 heavy (non-hydrogen) atoms. The number of carbonyl (C=O) groups is 1. The van der Waals surface area contributed by atoms with E-state index < -0.39 is 0 Å². The maximum atomic E-state index is 11.7. The summed E-state index contributed by atoms with van der Waals surface area (Å²) in [6.45, 7) is 4.40. The van der Waals surface area contributed by atoms with Crippen LogP contribution in [-0.4, -0.2) is 25.6 Å². The van der Waals surface area contributed by atoms with E-state index in [0.29, 0.717) is 0 Å². The summed E-state index contributed by atoms with van der Waals surface area (Å²) in [5.41, 5.74) is 0.881. The van der Waals surface area contributed by atoms with Gasteiger partial charge in [-0.15, -0.1) is 0 Å². The molecule has 0 aliphatic rings. The van der Waals surface area contributed by atoms with Crippen molar-refractivity contribution in [3.8, 4) is 5.75 Å². The first-order valence-electron chi connectivity index (χ1n) is 6.43. The van der Waals surface area contributed by atoms with Gasteiger partial charge in [0.15, 0.2) is 0 Å². The molecule has 0 saturated carbocycles.